The molecule has 2 aromatic rings. The molecule has 0 N–H and O–H groups in total. The molecule has 3 rings (SSSR count). The third-order valence-electron chi connectivity index (χ3n) is 4.31. The van der Waals surface area contributed by atoms with Crippen molar-refractivity contribution >= 4 is 11.6 Å². The van der Waals surface area contributed by atoms with Gasteiger partial charge in [0, 0.05) is 17.8 Å². The van der Waals surface area contributed by atoms with Gasteiger partial charge in [-0.15, -0.1) is 0 Å². The van der Waals surface area contributed by atoms with Crippen molar-refractivity contribution in [2.24, 2.45) is 0 Å². The first kappa shape index (κ1) is 15.4. The van der Waals surface area contributed by atoms with Crippen molar-refractivity contribution < 1.29 is 14.3 Å². The Bertz CT molecular complexity index is 739. The highest BCUT2D eigenvalue weighted by molar-refractivity contribution is 6.07. The molecule has 0 aliphatic carbocycles. The molecule has 0 spiro atoms. The summed E-state index contributed by atoms with van der Waals surface area (Å²) in [5.41, 5.74) is 3.80. The van der Waals surface area contributed by atoms with E-state index >= 15 is 0 Å². The number of hydrogen-bond acceptors (Lipinski definition) is 3. The van der Waals surface area contributed by atoms with Crippen LogP contribution in [-0.4, -0.2) is 26.7 Å². The van der Waals surface area contributed by atoms with E-state index in [-0.39, 0.29) is 5.91 Å². The Kier molecular flexibility index (Phi) is 4.24. The lowest BCUT2D eigenvalue weighted by Gasteiger charge is -2.30. The van der Waals surface area contributed by atoms with Crippen molar-refractivity contribution in [3.05, 3.63) is 53.1 Å². The number of benzene rings is 2. The van der Waals surface area contributed by atoms with Gasteiger partial charge in [-0.1, -0.05) is 6.07 Å². The Morgan fingerprint density at radius 1 is 1.09 bits per heavy atom. The van der Waals surface area contributed by atoms with Crippen LogP contribution in [-0.2, 0) is 6.42 Å². The van der Waals surface area contributed by atoms with Gasteiger partial charge in [0.15, 0.2) is 0 Å². The van der Waals surface area contributed by atoms with Crippen LogP contribution < -0.4 is 14.4 Å². The quantitative estimate of drug-likeness (QED) is 0.869. The maximum Gasteiger partial charge on any atom is 0.258 e. The zero-order valence-corrected chi connectivity index (χ0v) is 13.8. The van der Waals surface area contributed by atoms with Crippen molar-refractivity contribution in [1.29, 1.82) is 0 Å². The fraction of sp³-hybridized carbons (Fsp3) is 0.316. The number of amides is 1. The van der Waals surface area contributed by atoms with Crippen LogP contribution in [0.2, 0.25) is 0 Å². The number of nitrogens with zero attached hydrogens (tertiary/aromatic N) is 1. The summed E-state index contributed by atoms with van der Waals surface area (Å²) < 4.78 is 10.6. The normalized spacial score (nSPS) is 13.4. The molecular weight excluding hydrogens is 290 g/mol. The molecule has 23 heavy (non-hydrogen) atoms. The summed E-state index contributed by atoms with van der Waals surface area (Å²) in [5.74, 6) is 1.58. The number of anilines is 1. The molecule has 0 saturated carbocycles. The second-order valence-electron chi connectivity index (χ2n) is 5.74. The summed E-state index contributed by atoms with van der Waals surface area (Å²) in [6.07, 6.45) is 1.92. The Balaban J connectivity index is 1.95. The van der Waals surface area contributed by atoms with E-state index in [1.807, 2.05) is 48.2 Å². The Morgan fingerprint density at radius 3 is 2.65 bits per heavy atom. The van der Waals surface area contributed by atoms with Crippen LogP contribution in [0.1, 0.15) is 27.9 Å². The predicted molar refractivity (Wildman–Crippen MR) is 90.7 cm³/mol. The molecule has 1 amide bonds. The predicted octanol–water partition coefficient (Wildman–Crippen LogP) is 3.61. The van der Waals surface area contributed by atoms with Crippen LogP contribution in [0.5, 0.6) is 11.5 Å². The standard InChI is InChI=1S/C19H21NO3/c1-13-6-7-15(12-18(13)23-3)19(21)20-10-4-5-14-11-16(22-2)8-9-17(14)20/h6-9,11-12H,4-5,10H2,1-3H3. The summed E-state index contributed by atoms with van der Waals surface area (Å²) in [4.78, 5) is 14.8. The summed E-state index contributed by atoms with van der Waals surface area (Å²) in [6, 6.07) is 11.5. The number of fused-ring (bicyclic) bond motifs is 1. The lowest BCUT2D eigenvalue weighted by atomic mass is 10.00. The second-order valence-corrected chi connectivity index (χ2v) is 5.74. The van der Waals surface area contributed by atoms with Gasteiger partial charge in [0.1, 0.15) is 11.5 Å². The average Bonchev–Trinajstić information content (AvgIpc) is 2.60. The first-order chi connectivity index (χ1) is 11.1. The number of ether oxygens (including phenoxy) is 2. The monoisotopic (exact) mass is 311 g/mol. The summed E-state index contributed by atoms with van der Waals surface area (Å²) in [7, 11) is 3.28. The molecule has 1 heterocycles. The molecule has 120 valence electrons. The Morgan fingerprint density at radius 2 is 1.91 bits per heavy atom. The van der Waals surface area contributed by atoms with Gasteiger partial charge in [0.2, 0.25) is 0 Å². The first-order valence-corrected chi connectivity index (χ1v) is 7.77. The molecule has 4 nitrogen and oxygen atoms in total. The molecule has 0 atom stereocenters. The molecule has 2 aromatic carbocycles. The summed E-state index contributed by atoms with van der Waals surface area (Å²) in [6.45, 7) is 2.70. The van der Waals surface area contributed by atoms with E-state index in [0.717, 1.165) is 47.7 Å². The fourth-order valence-electron chi connectivity index (χ4n) is 3.02. The third-order valence-corrected chi connectivity index (χ3v) is 4.31. The van der Waals surface area contributed by atoms with E-state index in [2.05, 4.69) is 0 Å². The van der Waals surface area contributed by atoms with Gasteiger partial charge in [-0.3, -0.25) is 4.79 Å². The van der Waals surface area contributed by atoms with Crippen molar-refractivity contribution in [2.45, 2.75) is 19.8 Å². The molecule has 1 aliphatic rings. The number of rotatable bonds is 3. The van der Waals surface area contributed by atoms with Gasteiger partial charge in [-0.05, 0) is 61.2 Å². The zero-order chi connectivity index (χ0) is 16.4. The minimum absolute atomic E-state index is 0.00872. The van der Waals surface area contributed by atoms with Crippen molar-refractivity contribution in [1.82, 2.24) is 0 Å². The average molecular weight is 311 g/mol. The van der Waals surface area contributed by atoms with Gasteiger partial charge in [0.05, 0.1) is 14.2 Å². The van der Waals surface area contributed by atoms with E-state index in [4.69, 9.17) is 9.47 Å². The van der Waals surface area contributed by atoms with Crippen molar-refractivity contribution in [3.63, 3.8) is 0 Å². The molecule has 0 unspecified atom stereocenters. The fourth-order valence-corrected chi connectivity index (χ4v) is 3.02. The smallest absolute Gasteiger partial charge is 0.258 e. The second kappa shape index (κ2) is 6.32. The van der Waals surface area contributed by atoms with E-state index in [1.54, 1.807) is 14.2 Å². The van der Waals surface area contributed by atoms with Crippen molar-refractivity contribution in [3.8, 4) is 11.5 Å². The molecule has 0 fully saturated rings. The molecule has 1 aliphatic heterocycles. The van der Waals surface area contributed by atoms with Crippen LogP contribution >= 0.6 is 0 Å². The van der Waals surface area contributed by atoms with Gasteiger partial charge < -0.3 is 14.4 Å². The maximum absolute atomic E-state index is 12.9. The minimum Gasteiger partial charge on any atom is -0.497 e. The number of methoxy groups -OCH3 is 2. The van der Waals surface area contributed by atoms with Crippen LogP contribution in [0.3, 0.4) is 0 Å². The largest absolute Gasteiger partial charge is 0.497 e. The lowest BCUT2D eigenvalue weighted by Crippen LogP contribution is -2.35. The van der Waals surface area contributed by atoms with E-state index < -0.39 is 0 Å². The highest BCUT2D eigenvalue weighted by Crippen LogP contribution is 2.32. The maximum atomic E-state index is 12.9. The van der Waals surface area contributed by atoms with Gasteiger partial charge in [-0.25, -0.2) is 0 Å². The van der Waals surface area contributed by atoms with Gasteiger partial charge in [0.25, 0.3) is 5.91 Å². The van der Waals surface area contributed by atoms with Crippen LogP contribution in [0.25, 0.3) is 0 Å². The number of aryl methyl sites for hydroxylation is 2. The highest BCUT2D eigenvalue weighted by atomic mass is 16.5. The SMILES string of the molecule is COc1ccc2c(c1)CCCN2C(=O)c1ccc(C)c(OC)c1. The van der Waals surface area contributed by atoms with Crippen LogP contribution in [0.4, 0.5) is 5.69 Å². The number of carbonyl (C=O) groups is 1. The van der Waals surface area contributed by atoms with Gasteiger partial charge >= 0.3 is 0 Å². The van der Waals surface area contributed by atoms with E-state index in [1.165, 1.54) is 0 Å². The topological polar surface area (TPSA) is 38.8 Å². The molecule has 0 aromatic heterocycles. The number of carbonyl (C=O) groups excluding carboxylic acids is 1. The summed E-state index contributed by atoms with van der Waals surface area (Å²) >= 11 is 0. The Labute approximate surface area is 136 Å². The van der Waals surface area contributed by atoms with Gasteiger partial charge in [-0.2, -0.15) is 0 Å². The van der Waals surface area contributed by atoms with E-state index in [0.29, 0.717) is 5.56 Å². The zero-order valence-electron chi connectivity index (χ0n) is 13.8. The minimum atomic E-state index is 0.00872. The van der Waals surface area contributed by atoms with Crippen LogP contribution in [0, 0.1) is 6.92 Å². The van der Waals surface area contributed by atoms with Crippen molar-refractivity contribution in [2.75, 3.05) is 25.7 Å². The van der Waals surface area contributed by atoms with E-state index in [9.17, 15) is 4.79 Å². The molecule has 0 saturated heterocycles. The lowest BCUT2D eigenvalue weighted by molar-refractivity contribution is 0.0984. The molecule has 0 radical (unpaired) electrons. The molecule has 4 heteroatoms. The first-order valence-electron chi connectivity index (χ1n) is 7.77. The Hall–Kier alpha value is -2.49. The summed E-state index contributed by atoms with van der Waals surface area (Å²) in [5, 5.41) is 0. The highest BCUT2D eigenvalue weighted by Gasteiger charge is 2.24. The third kappa shape index (κ3) is 2.89. The molecular formula is C19H21NO3. The number of hydrogen-bond donors (Lipinski definition) is 0. The molecule has 0 bridgehead atoms. The van der Waals surface area contributed by atoms with Crippen LogP contribution in [0.15, 0.2) is 36.4 Å².